The summed E-state index contributed by atoms with van der Waals surface area (Å²) in [6.45, 7) is 3.96. The summed E-state index contributed by atoms with van der Waals surface area (Å²) < 4.78 is 42.8. The molecule has 0 spiro atoms. The molecule has 4 nitrogen and oxygen atoms in total. The molecule has 1 aliphatic rings. The average Bonchev–Trinajstić information content (AvgIpc) is 2.95. The van der Waals surface area contributed by atoms with Gasteiger partial charge in [0.15, 0.2) is 6.61 Å². The first-order valence-corrected chi connectivity index (χ1v) is 8.93. The molecular formula is C21H22F3NO3. The smallest absolute Gasteiger partial charge is 0.422 e. The maximum Gasteiger partial charge on any atom is 0.422 e. The van der Waals surface area contributed by atoms with Gasteiger partial charge in [0.25, 0.3) is 5.91 Å². The van der Waals surface area contributed by atoms with E-state index in [9.17, 15) is 23.1 Å². The molecule has 0 aliphatic carbocycles. The Morgan fingerprint density at radius 3 is 2.39 bits per heavy atom. The van der Waals surface area contributed by atoms with Gasteiger partial charge in [-0.05, 0) is 38.0 Å². The van der Waals surface area contributed by atoms with Crippen LogP contribution in [0, 0.1) is 0 Å². The van der Waals surface area contributed by atoms with E-state index in [2.05, 4.69) is 0 Å². The zero-order chi connectivity index (χ0) is 20.7. The number of rotatable bonds is 5. The summed E-state index contributed by atoms with van der Waals surface area (Å²) in [5, 5.41) is 10.3. The van der Waals surface area contributed by atoms with Crippen LogP contribution in [0.15, 0.2) is 42.5 Å². The lowest BCUT2D eigenvalue weighted by molar-refractivity contribution is -0.153. The fourth-order valence-corrected chi connectivity index (χ4v) is 3.28. The number of para-hydroxylation sites is 1. The molecule has 0 radical (unpaired) electrons. The fraction of sp³-hybridized carbons (Fsp3) is 0.381. The second kappa shape index (κ2) is 7.13. The molecule has 1 amide bonds. The molecule has 1 heterocycles. The van der Waals surface area contributed by atoms with Gasteiger partial charge >= 0.3 is 6.18 Å². The third-order valence-electron chi connectivity index (χ3n) is 5.02. The molecule has 28 heavy (non-hydrogen) atoms. The van der Waals surface area contributed by atoms with Gasteiger partial charge in [-0.3, -0.25) is 4.79 Å². The molecule has 0 aromatic heterocycles. The number of carbonyl (C=O) groups is 1. The zero-order valence-corrected chi connectivity index (χ0v) is 15.9. The topological polar surface area (TPSA) is 49.8 Å². The molecule has 1 atom stereocenters. The molecule has 1 aliphatic heterocycles. The van der Waals surface area contributed by atoms with E-state index in [0.29, 0.717) is 23.2 Å². The maximum absolute atomic E-state index is 13.1. The van der Waals surface area contributed by atoms with Crippen LogP contribution < -0.4 is 4.74 Å². The lowest BCUT2D eigenvalue weighted by Crippen LogP contribution is -2.47. The zero-order valence-electron chi connectivity index (χ0n) is 15.9. The molecule has 0 saturated heterocycles. The lowest BCUT2D eigenvalue weighted by atomic mass is 9.96. The van der Waals surface area contributed by atoms with Crippen molar-refractivity contribution in [3.8, 4) is 16.9 Å². The highest BCUT2D eigenvalue weighted by molar-refractivity contribution is 6.05. The highest BCUT2D eigenvalue weighted by Gasteiger charge is 2.38. The van der Waals surface area contributed by atoms with Gasteiger partial charge in [0.2, 0.25) is 0 Å². The number of benzene rings is 2. The van der Waals surface area contributed by atoms with Gasteiger partial charge < -0.3 is 14.7 Å². The summed E-state index contributed by atoms with van der Waals surface area (Å²) in [6, 6.07) is 11.2. The van der Waals surface area contributed by atoms with Crippen molar-refractivity contribution in [1.82, 2.24) is 4.90 Å². The highest BCUT2D eigenvalue weighted by Crippen LogP contribution is 2.39. The van der Waals surface area contributed by atoms with Gasteiger partial charge in [-0.15, -0.1) is 0 Å². The third-order valence-corrected chi connectivity index (χ3v) is 5.02. The van der Waals surface area contributed by atoms with E-state index >= 15 is 0 Å². The first-order chi connectivity index (χ1) is 13.0. The first kappa shape index (κ1) is 20.2. The summed E-state index contributed by atoms with van der Waals surface area (Å²) in [6.07, 6.45) is -4.46. The van der Waals surface area contributed by atoms with Crippen molar-refractivity contribution in [1.29, 1.82) is 0 Å². The quantitative estimate of drug-likeness (QED) is 0.819. The van der Waals surface area contributed by atoms with Crippen molar-refractivity contribution in [3.05, 3.63) is 53.6 Å². The number of aliphatic hydroxyl groups is 1. The standard InChI is InChI=1S/C21H22F3NO3/c1-13(20(2,3)27)25-11-14-7-6-9-16(18(14)19(25)26)15-8-4-5-10-17(15)28-12-21(22,23)24/h4-10,13,27H,11-12H2,1-3H3/t13-/m1/s1. The minimum atomic E-state index is -4.46. The van der Waals surface area contributed by atoms with Crippen molar-refractivity contribution >= 4 is 5.91 Å². The number of fused-ring (bicyclic) bond motifs is 1. The summed E-state index contributed by atoms with van der Waals surface area (Å²) in [5.74, 6) is -0.194. The monoisotopic (exact) mass is 393 g/mol. The van der Waals surface area contributed by atoms with Crippen LogP contribution in [-0.2, 0) is 6.54 Å². The normalized spacial score (nSPS) is 15.5. The number of halogens is 3. The van der Waals surface area contributed by atoms with E-state index < -0.39 is 24.4 Å². The van der Waals surface area contributed by atoms with Crippen LogP contribution in [0.2, 0.25) is 0 Å². The van der Waals surface area contributed by atoms with Crippen molar-refractivity contribution in [2.45, 2.75) is 45.1 Å². The summed E-state index contributed by atoms with van der Waals surface area (Å²) in [5.41, 5.74) is 1.05. The molecule has 0 saturated carbocycles. The SMILES string of the molecule is C[C@@H](N1Cc2cccc(-c3ccccc3OCC(F)(F)F)c2C1=O)C(C)(C)O. The van der Waals surface area contributed by atoms with E-state index in [1.165, 1.54) is 6.07 Å². The van der Waals surface area contributed by atoms with Crippen LogP contribution in [0.3, 0.4) is 0 Å². The Kier molecular flexibility index (Phi) is 5.14. The fourth-order valence-electron chi connectivity index (χ4n) is 3.28. The summed E-state index contributed by atoms with van der Waals surface area (Å²) in [4.78, 5) is 14.7. The van der Waals surface area contributed by atoms with E-state index in [4.69, 9.17) is 4.74 Å². The average molecular weight is 393 g/mol. The van der Waals surface area contributed by atoms with Crippen LogP contribution in [0.5, 0.6) is 5.75 Å². The van der Waals surface area contributed by atoms with Crippen LogP contribution in [0.1, 0.15) is 36.7 Å². The van der Waals surface area contributed by atoms with Crippen molar-refractivity contribution in [2.24, 2.45) is 0 Å². The van der Waals surface area contributed by atoms with Gasteiger partial charge in [-0.25, -0.2) is 0 Å². The number of amides is 1. The Morgan fingerprint density at radius 2 is 1.75 bits per heavy atom. The van der Waals surface area contributed by atoms with Crippen LogP contribution in [-0.4, -0.2) is 40.3 Å². The van der Waals surface area contributed by atoms with Gasteiger partial charge in [-0.1, -0.05) is 36.4 Å². The number of ether oxygens (including phenoxy) is 1. The van der Waals surface area contributed by atoms with Gasteiger partial charge in [0.05, 0.1) is 17.2 Å². The molecule has 3 rings (SSSR count). The van der Waals surface area contributed by atoms with E-state index in [0.717, 1.165) is 5.56 Å². The predicted octanol–water partition coefficient (Wildman–Crippen LogP) is 4.41. The van der Waals surface area contributed by atoms with Crippen molar-refractivity contribution in [2.75, 3.05) is 6.61 Å². The first-order valence-electron chi connectivity index (χ1n) is 8.93. The maximum atomic E-state index is 13.1. The second-order valence-corrected chi connectivity index (χ2v) is 7.50. The Balaban J connectivity index is 2.01. The van der Waals surface area contributed by atoms with Crippen LogP contribution in [0.4, 0.5) is 13.2 Å². The molecule has 2 aromatic carbocycles. The van der Waals surface area contributed by atoms with E-state index in [1.54, 1.807) is 56.0 Å². The van der Waals surface area contributed by atoms with E-state index in [-0.39, 0.29) is 11.7 Å². The van der Waals surface area contributed by atoms with Crippen molar-refractivity contribution < 1.29 is 27.8 Å². The van der Waals surface area contributed by atoms with E-state index in [1.807, 2.05) is 6.07 Å². The van der Waals surface area contributed by atoms with Crippen molar-refractivity contribution in [3.63, 3.8) is 0 Å². The minimum Gasteiger partial charge on any atom is -0.483 e. The number of hydrogen-bond donors (Lipinski definition) is 1. The molecule has 0 unspecified atom stereocenters. The lowest BCUT2D eigenvalue weighted by Gasteiger charge is -2.33. The largest absolute Gasteiger partial charge is 0.483 e. The summed E-state index contributed by atoms with van der Waals surface area (Å²) in [7, 11) is 0. The predicted molar refractivity (Wildman–Crippen MR) is 99.1 cm³/mol. The molecular weight excluding hydrogens is 371 g/mol. The van der Waals surface area contributed by atoms with Crippen LogP contribution >= 0.6 is 0 Å². The number of carbonyl (C=O) groups excluding carboxylic acids is 1. The Bertz CT molecular complexity index is 887. The Hall–Kier alpha value is -2.54. The van der Waals surface area contributed by atoms with Gasteiger partial charge in [0.1, 0.15) is 5.75 Å². The summed E-state index contributed by atoms with van der Waals surface area (Å²) >= 11 is 0. The highest BCUT2D eigenvalue weighted by atomic mass is 19.4. The van der Waals surface area contributed by atoms with Gasteiger partial charge in [-0.2, -0.15) is 13.2 Å². The number of alkyl halides is 3. The molecule has 2 aromatic rings. The molecule has 150 valence electrons. The van der Waals surface area contributed by atoms with Crippen LogP contribution in [0.25, 0.3) is 11.1 Å². The minimum absolute atomic E-state index is 0.0648. The molecule has 0 fully saturated rings. The molecule has 1 N–H and O–H groups in total. The Labute approximate surface area is 161 Å². The number of hydrogen-bond acceptors (Lipinski definition) is 3. The molecule has 7 heteroatoms. The second-order valence-electron chi connectivity index (χ2n) is 7.50. The Morgan fingerprint density at radius 1 is 1.11 bits per heavy atom. The third kappa shape index (κ3) is 3.99. The van der Waals surface area contributed by atoms with Gasteiger partial charge in [0, 0.05) is 12.1 Å². The molecule has 0 bridgehead atoms. The number of nitrogens with zero attached hydrogens (tertiary/aromatic N) is 1.